The first-order chi connectivity index (χ1) is 17.8. The van der Waals surface area contributed by atoms with Gasteiger partial charge < -0.3 is 19.7 Å². The third-order valence-corrected chi connectivity index (χ3v) is 7.53. The number of likely N-dealkylation sites (tertiary alicyclic amines) is 1. The summed E-state index contributed by atoms with van der Waals surface area (Å²) in [4.78, 5) is 1.77. The van der Waals surface area contributed by atoms with Crippen LogP contribution >= 0.6 is 0 Å². The number of hydrogen-bond acceptors (Lipinski definition) is 5. The zero-order valence-electron chi connectivity index (χ0n) is 21.0. The molecule has 2 N–H and O–H groups in total. The lowest BCUT2D eigenvalue weighted by molar-refractivity contribution is -0.142. The number of piperidine rings is 1. The summed E-state index contributed by atoms with van der Waals surface area (Å²) in [5.74, 6) is 0.367. The Morgan fingerprint density at radius 2 is 1.66 bits per heavy atom. The molecule has 5 atom stereocenters. The van der Waals surface area contributed by atoms with Crippen LogP contribution in [-0.4, -0.2) is 47.2 Å². The number of benzene rings is 2. The molecule has 0 radical (unpaired) electrons. The van der Waals surface area contributed by atoms with Gasteiger partial charge in [-0.2, -0.15) is 26.3 Å². The van der Waals surface area contributed by atoms with Crippen LogP contribution in [0.25, 0.3) is 0 Å². The van der Waals surface area contributed by atoms with E-state index in [1.807, 2.05) is 0 Å². The first kappa shape index (κ1) is 28.7. The monoisotopic (exact) mass is 547 g/mol. The van der Waals surface area contributed by atoms with Gasteiger partial charge in [-0.1, -0.05) is 19.1 Å². The second-order valence-electron chi connectivity index (χ2n) is 10.1. The normalized spacial score (nSPS) is 23.6. The fourth-order valence-corrected chi connectivity index (χ4v) is 5.03. The zero-order valence-corrected chi connectivity index (χ0v) is 21.0. The first-order valence-electron chi connectivity index (χ1n) is 12.5. The molecule has 0 aromatic heterocycles. The lowest BCUT2D eigenvalue weighted by Gasteiger charge is -2.37. The maximum atomic E-state index is 13.6. The van der Waals surface area contributed by atoms with E-state index in [-0.39, 0.29) is 17.4 Å². The molecule has 2 fully saturated rings. The van der Waals surface area contributed by atoms with E-state index < -0.39 is 48.0 Å². The number of nitrogens with zero attached hydrogens (tertiary/aromatic N) is 1. The molecule has 0 amide bonds. The minimum Gasteiger partial charge on any atom is -0.493 e. The van der Waals surface area contributed by atoms with Crippen molar-refractivity contribution in [3.05, 3.63) is 64.7 Å². The van der Waals surface area contributed by atoms with Crippen LogP contribution in [0.15, 0.2) is 42.5 Å². The van der Waals surface area contributed by atoms with Crippen molar-refractivity contribution in [2.75, 3.05) is 19.7 Å². The SMILES string of the molecule is CC(c1cc(C(F)(F)F)ccc1C(F)(F)F)N1CCC(COc2cccc([C@H](O)[C@H](C)C3OC3O)c2)CC1. The molecule has 2 aliphatic rings. The molecule has 5 nitrogen and oxygen atoms in total. The van der Waals surface area contributed by atoms with Crippen molar-refractivity contribution in [3.63, 3.8) is 0 Å². The maximum Gasteiger partial charge on any atom is 0.416 e. The number of alkyl halides is 6. The predicted molar refractivity (Wildman–Crippen MR) is 126 cm³/mol. The molecule has 2 saturated heterocycles. The average molecular weight is 548 g/mol. The number of aliphatic hydroxyl groups excluding tert-OH is 2. The van der Waals surface area contributed by atoms with E-state index >= 15 is 0 Å². The average Bonchev–Trinajstić information content (AvgIpc) is 3.61. The molecule has 0 spiro atoms. The van der Waals surface area contributed by atoms with Crippen LogP contribution in [0.4, 0.5) is 26.3 Å². The molecule has 3 unspecified atom stereocenters. The van der Waals surface area contributed by atoms with Crippen LogP contribution in [-0.2, 0) is 17.1 Å². The van der Waals surface area contributed by atoms with Gasteiger partial charge in [0.05, 0.1) is 23.8 Å². The molecule has 0 saturated carbocycles. The van der Waals surface area contributed by atoms with Crippen molar-refractivity contribution in [3.8, 4) is 5.75 Å². The van der Waals surface area contributed by atoms with Crippen molar-refractivity contribution < 1.29 is 46.0 Å². The van der Waals surface area contributed by atoms with Gasteiger partial charge in [0.2, 0.25) is 0 Å². The van der Waals surface area contributed by atoms with Crippen molar-refractivity contribution in [2.24, 2.45) is 11.8 Å². The molecule has 0 bridgehead atoms. The van der Waals surface area contributed by atoms with E-state index in [0.717, 1.165) is 0 Å². The number of aliphatic hydroxyl groups is 2. The van der Waals surface area contributed by atoms with E-state index in [0.29, 0.717) is 62.1 Å². The van der Waals surface area contributed by atoms with E-state index in [4.69, 9.17) is 9.47 Å². The van der Waals surface area contributed by atoms with Crippen molar-refractivity contribution >= 4 is 0 Å². The van der Waals surface area contributed by atoms with Crippen LogP contribution in [0.5, 0.6) is 5.75 Å². The van der Waals surface area contributed by atoms with E-state index in [1.54, 1.807) is 36.1 Å². The Morgan fingerprint density at radius 1 is 1.00 bits per heavy atom. The van der Waals surface area contributed by atoms with Gasteiger partial charge in [0.15, 0.2) is 6.29 Å². The van der Waals surface area contributed by atoms with E-state index in [1.165, 1.54) is 6.92 Å². The van der Waals surface area contributed by atoms with Gasteiger partial charge in [-0.15, -0.1) is 0 Å². The molecule has 210 valence electrons. The summed E-state index contributed by atoms with van der Waals surface area (Å²) in [6.07, 6.45) is -10.4. The summed E-state index contributed by atoms with van der Waals surface area (Å²) in [5.41, 5.74) is -1.90. The largest absolute Gasteiger partial charge is 0.493 e. The highest BCUT2D eigenvalue weighted by molar-refractivity contribution is 5.37. The van der Waals surface area contributed by atoms with Crippen LogP contribution in [0.2, 0.25) is 0 Å². The van der Waals surface area contributed by atoms with Crippen LogP contribution in [0.3, 0.4) is 0 Å². The number of halogens is 6. The number of ether oxygens (including phenoxy) is 2. The van der Waals surface area contributed by atoms with Gasteiger partial charge in [-0.05, 0) is 80.2 Å². The van der Waals surface area contributed by atoms with E-state index in [2.05, 4.69) is 0 Å². The molecule has 2 heterocycles. The Hall–Kier alpha value is -2.34. The van der Waals surface area contributed by atoms with Crippen molar-refractivity contribution in [1.29, 1.82) is 0 Å². The van der Waals surface area contributed by atoms with Crippen LogP contribution in [0, 0.1) is 11.8 Å². The zero-order chi connectivity index (χ0) is 27.8. The summed E-state index contributed by atoms with van der Waals surface area (Å²) in [6.45, 7) is 4.49. The van der Waals surface area contributed by atoms with Gasteiger partial charge in [-0.25, -0.2) is 0 Å². The lowest BCUT2D eigenvalue weighted by Crippen LogP contribution is -2.38. The Morgan fingerprint density at radius 3 is 2.24 bits per heavy atom. The first-order valence-corrected chi connectivity index (χ1v) is 12.5. The third kappa shape index (κ3) is 6.62. The number of rotatable bonds is 8. The molecular formula is C27H31F6NO4. The van der Waals surface area contributed by atoms with Gasteiger partial charge in [0.1, 0.15) is 11.9 Å². The third-order valence-electron chi connectivity index (χ3n) is 7.53. The number of epoxide rings is 1. The highest BCUT2D eigenvalue weighted by Gasteiger charge is 2.44. The summed E-state index contributed by atoms with van der Waals surface area (Å²) in [5, 5.41) is 20.0. The second-order valence-corrected chi connectivity index (χ2v) is 10.1. The van der Waals surface area contributed by atoms with Gasteiger partial charge in [0.25, 0.3) is 0 Å². The fourth-order valence-electron chi connectivity index (χ4n) is 5.03. The molecule has 0 aliphatic carbocycles. The molecule has 11 heteroatoms. The Bertz CT molecular complexity index is 1100. The number of hydrogen-bond donors (Lipinski definition) is 2. The standard InChI is InChI=1S/C27H31F6NO4/c1-15(24-25(36)38-24)23(35)18-4-3-5-20(12-18)37-14-17-8-10-34(11-9-17)16(2)21-13-19(26(28,29)30)6-7-22(21)27(31,32)33/h3-7,12-13,15-17,23-25,35-36H,8-11,14H2,1-2H3/t15-,16?,23+,24?,25?/m0/s1. The van der Waals surface area contributed by atoms with Gasteiger partial charge in [-0.3, -0.25) is 4.90 Å². The lowest BCUT2D eigenvalue weighted by atomic mass is 9.92. The second kappa shape index (κ2) is 11.0. The summed E-state index contributed by atoms with van der Waals surface area (Å²) < 4.78 is 91.2. The molecule has 2 aromatic carbocycles. The van der Waals surface area contributed by atoms with Crippen LogP contribution in [0.1, 0.15) is 61.1 Å². The highest BCUT2D eigenvalue weighted by Crippen LogP contribution is 2.41. The predicted octanol–water partition coefficient (Wildman–Crippen LogP) is 5.96. The Labute approximate surface area is 217 Å². The Balaban J connectivity index is 1.35. The minimum atomic E-state index is -4.76. The van der Waals surface area contributed by atoms with Crippen LogP contribution < -0.4 is 4.74 Å². The summed E-state index contributed by atoms with van der Waals surface area (Å²) >= 11 is 0. The molecular weight excluding hydrogens is 516 g/mol. The molecule has 4 rings (SSSR count). The molecule has 38 heavy (non-hydrogen) atoms. The summed E-state index contributed by atoms with van der Waals surface area (Å²) in [6, 6.07) is 7.74. The smallest absolute Gasteiger partial charge is 0.416 e. The maximum absolute atomic E-state index is 13.6. The molecule has 2 aromatic rings. The minimum absolute atomic E-state index is 0.115. The van der Waals surface area contributed by atoms with E-state index in [9.17, 15) is 36.6 Å². The highest BCUT2D eigenvalue weighted by atomic mass is 19.4. The fraction of sp³-hybridized carbons (Fsp3) is 0.556. The van der Waals surface area contributed by atoms with Crippen molar-refractivity contribution in [1.82, 2.24) is 4.90 Å². The van der Waals surface area contributed by atoms with Crippen molar-refractivity contribution in [2.45, 2.75) is 63.6 Å². The topological polar surface area (TPSA) is 65.5 Å². The Kier molecular flexibility index (Phi) is 8.32. The quantitative estimate of drug-likeness (QED) is 0.315. The summed E-state index contributed by atoms with van der Waals surface area (Å²) in [7, 11) is 0. The molecule has 2 aliphatic heterocycles. The van der Waals surface area contributed by atoms with Gasteiger partial charge >= 0.3 is 12.4 Å². The van der Waals surface area contributed by atoms with Gasteiger partial charge in [0, 0.05) is 12.0 Å².